The Labute approximate surface area is 145 Å². The maximum atomic E-state index is 11.9. The van der Waals surface area contributed by atoms with Gasteiger partial charge in [-0.05, 0) is 38.0 Å². The number of hydrogen-bond acceptors (Lipinski definition) is 5. The third-order valence-corrected chi connectivity index (χ3v) is 3.92. The van der Waals surface area contributed by atoms with E-state index in [2.05, 4.69) is 16.9 Å². The lowest BCUT2D eigenvalue weighted by Crippen LogP contribution is -2.08. The molecule has 0 spiro atoms. The highest BCUT2D eigenvalue weighted by Crippen LogP contribution is 2.37. The summed E-state index contributed by atoms with van der Waals surface area (Å²) in [5.74, 6) is -0.549. The first kappa shape index (κ1) is 17.0. The monoisotopic (exact) mass is 340 g/mol. The Kier molecular flexibility index (Phi) is 4.70. The molecule has 0 unspecified atom stereocenters. The van der Waals surface area contributed by atoms with Crippen molar-refractivity contribution in [3.8, 4) is 11.5 Å². The molecule has 130 valence electrons. The molecule has 0 bridgehead atoms. The van der Waals surface area contributed by atoms with Crippen molar-refractivity contribution in [2.75, 3.05) is 13.2 Å². The number of fused-ring (bicyclic) bond motifs is 2. The molecule has 1 N–H and O–H groups in total. The van der Waals surface area contributed by atoms with Crippen LogP contribution in [-0.4, -0.2) is 34.3 Å². The Morgan fingerprint density at radius 3 is 2.40 bits per heavy atom. The van der Waals surface area contributed by atoms with Crippen LogP contribution in [0.25, 0.3) is 22.1 Å². The number of carboxylic acid groups (broad SMARTS) is 1. The number of carboxylic acids is 1. The first-order valence-electron chi connectivity index (χ1n) is 8.35. The third kappa shape index (κ3) is 3.07. The van der Waals surface area contributed by atoms with Gasteiger partial charge in [0.15, 0.2) is 11.5 Å². The van der Waals surface area contributed by atoms with Crippen molar-refractivity contribution in [1.29, 1.82) is 0 Å². The lowest BCUT2D eigenvalue weighted by molar-refractivity contribution is 0.0693. The van der Waals surface area contributed by atoms with Crippen LogP contribution in [0, 0.1) is 0 Å². The van der Waals surface area contributed by atoms with Crippen LogP contribution >= 0.6 is 0 Å². The van der Waals surface area contributed by atoms with Gasteiger partial charge in [-0.2, -0.15) is 0 Å². The lowest BCUT2D eigenvalue weighted by atomic mass is 10.1. The predicted molar refractivity (Wildman–Crippen MR) is 95.7 cm³/mol. The molecular weight excluding hydrogens is 320 g/mol. The van der Waals surface area contributed by atoms with E-state index in [9.17, 15) is 9.90 Å². The average molecular weight is 340 g/mol. The zero-order chi connectivity index (χ0) is 18.0. The summed E-state index contributed by atoms with van der Waals surface area (Å²) in [7, 11) is 0. The van der Waals surface area contributed by atoms with Crippen LogP contribution in [0.2, 0.25) is 0 Å². The van der Waals surface area contributed by atoms with Gasteiger partial charge in [-0.1, -0.05) is 13.0 Å². The molecule has 3 rings (SSSR count). The number of rotatable bonds is 6. The van der Waals surface area contributed by atoms with E-state index >= 15 is 0 Å². The van der Waals surface area contributed by atoms with Crippen LogP contribution in [0.5, 0.6) is 11.5 Å². The Balaban J connectivity index is 2.38. The first-order valence-corrected chi connectivity index (χ1v) is 8.35. The standard InChI is InChI=1S/C19H20N2O4/c1-4-11-7-8-12-13(9-11)20-14-10-15(24-5-2)18(25-6-3)16(19(22)23)17(14)21-12/h7-10H,4-6H2,1-3H3,(H,22,23). The van der Waals surface area contributed by atoms with Crippen LogP contribution < -0.4 is 9.47 Å². The molecule has 0 fully saturated rings. The molecule has 25 heavy (non-hydrogen) atoms. The number of nitrogens with zero attached hydrogens (tertiary/aromatic N) is 2. The fraction of sp³-hybridized carbons (Fsp3) is 0.316. The molecule has 1 heterocycles. The molecule has 1 aromatic heterocycles. The molecule has 2 aromatic carbocycles. The highest BCUT2D eigenvalue weighted by molar-refractivity contribution is 6.06. The van der Waals surface area contributed by atoms with Gasteiger partial charge in [0.2, 0.25) is 0 Å². The average Bonchev–Trinajstić information content (AvgIpc) is 2.60. The Hall–Kier alpha value is -2.89. The summed E-state index contributed by atoms with van der Waals surface area (Å²) in [5.41, 5.74) is 3.29. The van der Waals surface area contributed by atoms with Crippen LogP contribution in [0.1, 0.15) is 36.7 Å². The Bertz CT molecular complexity index is 953. The maximum Gasteiger partial charge on any atom is 0.341 e. The minimum atomic E-state index is -1.12. The molecule has 0 radical (unpaired) electrons. The summed E-state index contributed by atoms with van der Waals surface area (Å²) >= 11 is 0. The second-order valence-corrected chi connectivity index (χ2v) is 5.52. The van der Waals surface area contributed by atoms with E-state index in [1.807, 2.05) is 25.1 Å². The summed E-state index contributed by atoms with van der Waals surface area (Å²) in [4.78, 5) is 21.1. The van der Waals surface area contributed by atoms with Crippen molar-refractivity contribution in [3.05, 3.63) is 35.4 Å². The van der Waals surface area contributed by atoms with Crippen LogP contribution in [0.3, 0.4) is 0 Å². The number of carbonyl (C=O) groups is 1. The van der Waals surface area contributed by atoms with Gasteiger partial charge >= 0.3 is 5.97 Å². The van der Waals surface area contributed by atoms with E-state index in [-0.39, 0.29) is 11.3 Å². The number of hydrogen-bond donors (Lipinski definition) is 1. The molecular formula is C19H20N2O4. The summed E-state index contributed by atoms with van der Waals surface area (Å²) in [6.45, 7) is 6.42. The van der Waals surface area contributed by atoms with E-state index in [0.717, 1.165) is 17.5 Å². The lowest BCUT2D eigenvalue weighted by Gasteiger charge is -2.15. The Morgan fingerprint density at radius 2 is 1.76 bits per heavy atom. The summed E-state index contributed by atoms with van der Waals surface area (Å²) in [6, 6.07) is 7.50. The van der Waals surface area contributed by atoms with Gasteiger partial charge < -0.3 is 14.6 Å². The van der Waals surface area contributed by atoms with Gasteiger partial charge in [0.05, 0.1) is 29.8 Å². The van der Waals surface area contributed by atoms with Crippen LogP contribution in [-0.2, 0) is 6.42 Å². The second kappa shape index (κ2) is 6.93. The normalized spacial score (nSPS) is 11.0. The van der Waals surface area contributed by atoms with Gasteiger partial charge in [-0.15, -0.1) is 0 Å². The molecule has 0 atom stereocenters. The number of ether oxygens (including phenoxy) is 2. The summed E-state index contributed by atoms with van der Waals surface area (Å²) in [6.07, 6.45) is 0.892. The largest absolute Gasteiger partial charge is 0.490 e. The van der Waals surface area contributed by atoms with Crippen LogP contribution in [0.15, 0.2) is 24.3 Å². The second-order valence-electron chi connectivity index (χ2n) is 5.52. The quantitative estimate of drug-likeness (QED) is 0.687. The molecule has 0 saturated carbocycles. The minimum absolute atomic E-state index is 0.0169. The minimum Gasteiger partial charge on any atom is -0.490 e. The zero-order valence-electron chi connectivity index (χ0n) is 14.5. The molecule has 0 aliphatic heterocycles. The SMILES string of the molecule is CCOc1cc2nc3cc(CC)ccc3nc2c(C(=O)O)c1OCC. The van der Waals surface area contributed by atoms with Gasteiger partial charge in [0.1, 0.15) is 11.1 Å². The van der Waals surface area contributed by atoms with Crippen molar-refractivity contribution >= 4 is 28.0 Å². The Morgan fingerprint density at radius 1 is 1.00 bits per heavy atom. The summed E-state index contributed by atoms with van der Waals surface area (Å²) in [5, 5.41) is 9.73. The van der Waals surface area contributed by atoms with Gasteiger partial charge in [0, 0.05) is 6.07 Å². The number of aromatic nitrogens is 2. The third-order valence-electron chi connectivity index (χ3n) is 3.92. The fourth-order valence-electron chi connectivity index (χ4n) is 2.79. The molecule has 0 saturated heterocycles. The molecule has 6 heteroatoms. The summed E-state index contributed by atoms with van der Waals surface area (Å²) < 4.78 is 11.2. The number of benzene rings is 2. The van der Waals surface area contributed by atoms with Crippen LogP contribution in [0.4, 0.5) is 0 Å². The number of aryl methyl sites for hydroxylation is 1. The highest BCUT2D eigenvalue weighted by atomic mass is 16.5. The highest BCUT2D eigenvalue weighted by Gasteiger charge is 2.23. The fourth-order valence-corrected chi connectivity index (χ4v) is 2.79. The van der Waals surface area contributed by atoms with Gasteiger partial charge in [-0.25, -0.2) is 14.8 Å². The molecule has 0 amide bonds. The molecule has 3 aromatic rings. The topological polar surface area (TPSA) is 81.5 Å². The van der Waals surface area contributed by atoms with Gasteiger partial charge in [-0.3, -0.25) is 0 Å². The van der Waals surface area contributed by atoms with E-state index in [1.165, 1.54) is 0 Å². The zero-order valence-corrected chi connectivity index (χ0v) is 14.5. The van der Waals surface area contributed by atoms with Crippen molar-refractivity contribution in [2.45, 2.75) is 27.2 Å². The number of aromatic carboxylic acids is 1. The first-order chi connectivity index (χ1) is 12.1. The van der Waals surface area contributed by atoms with Crippen molar-refractivity contribution in [2.24, 2.45) is 0 Å². The molecule has 0 aliphatic carbocycles. The van der Waals surface area contributed by atoms with E-state index in [0.29, 0.717) is 35.5 Å². The van der Waals surface area contributed by atoms with Gasteiger partial charge in [0.25, 0.3) is 0 Å². The van der Waals surface area contributed by atoms with E-state index in [4.69, 9.17) is 9.47 Å². The van der Waals surface area contributed by atoms with Crippen molar-refractivity contribution in [1.82, 2.24) is 9.97 Å². The molecule has 6 nitrogen and oxygen atoms in total. The van der Waals surface area contributed by atoms with Crippen molar-refractivity contribution < 1.29 is 19.4 Å². The smallest absolute Gasteiger partial charge is 0.341 e. The van der Waals surface area contributed by atoms with Crippen molar-refractivity contribution in [3.63, 3.8) is 0 Å². The predicted octanol–water partition coefficient (Wildman–Crippen LogP) is 3.84. The van der Waals surface area contributed by atoms with E-state index < -0.39 is 5.97 Å². The maximum absolute atomic E-state index is 11.9. The van der Waals surface area contributed by atoms with E-state index in [1.54, 1.807) is 13.0 Å². The molecule has 0 aliphatic rings.